The minimum Gasteiger partial charge on any atom is -0.392 e. The zero-order chi connectivity index (χ0) is 9.68. The van der Waals surface area contributed by atoms with E-state index >= 15 is 0 Å². The first-order valence-corrected chi connectivity index (χ1v) is 5.09. The van der Waals surface area contributed by atoms with Crippen LogP contribution in [0.4, 0.5) is 0 Å². The summed E-state index contributed by atoms with van der Waals surface area (Å²) in [5.74, 6) is 0. The first-order chi connectivity index (χ1) is 6.27. The van der Waals surface area contributed by atoms with E-state index in [0.29, 0.717) is 6.54 Å². The lowest BCUT2D eigenvalue weighted by molar-refractivity contribution is 0.0817. The second kappa shape index (κ2) is 5.21. The maximum absolute atomic E-state index is 9.47. The van der Waals surface area contributed by atoms with Crippen LogP contribution >= 0.6 is 0 Å². The lowest BCUT2D eigenvalue weighted by atomic mass is 10.0. The molecule has 1 aliphatic heterocycles. The van der Waals surface area contributed by atoms with E-state index < -0.39 is 0 Å². The highest BCUT2D eigenvalue weighted by molar-refractivity contribution is 4.94. The van der Waals surface area contributed by atoms with E-state index in [1.165, 1.54) is 0 Å². The van der Waals surface area contributed by atoms with Gasteiger partial charge in [-0.1, -0.05) is 6.92 Å². The first-order valence-electron chi connectivity index (χ1n) is 5.09. The minimum absolute atomic E-state index is 0.0370. The van der Waals surface area contributed by atoms with Crippen molar-refractivity contribution in [2.24, 2.45) is 0 Å². The molecule has 0 aromatic rings. The van der Waals surface area contributed by atoms with Crippen LogP contribution in [0.25, 0.3) is 0 Å². The lowest BCUT2D eigenvalue weighted by Gasteiger charge is -2.32. The second-order valence-electron chi connectivity index (χ2n) is 3.70. The van der Waals surface area contributed by atoms with Crippen molar-refractivity contribution in [2.45, 2.75) is 44.8 Å². The van der Waals surface area contributed by atoms with Crippen molar-refractivity contribution in [1.29, 1.82) is 5.26 Å². The number of piperidine rings is 1. The Hall–Kier alpha value is -0.590. The van der Waals surface area contributed by atoms with E-state index in [1.54, 1.807) is 0 Å². The number of aliphatic hydroxyl groups is 1. The fourth-order valence-corrected chi connectivity index (χ4v) is 1.76. The summed E-state index contributed by atoms with van der Waals surface area (Å²) in [6.45, 7) is 3.60. The van der Waals surface area contributed by atoms with Gasteiger partial charge in [0.25, 0.3) is 0 Å². The maximum atomic E-state index is 9.47. The minimum atomic E-state index is -0.269. The van der Waals surface area contributed by atoms with Crippen LogP contribution in [0.2, 0.25) is 0 Å². The van der Waals surface area contributed by atoms with Crippen LogP contribution in [-0.4, -0.2) is 35.2 Å². The number of nitrogens with zero attached hydrogens (tertiary/aromatic N) is 2. The first kappa shape index (κ1) is 10.5. The van der Waals surface area contributed by atoms with Gasteiger partial charge in [-0.15, -0.1) is 0 Å². The molecule has 1 saturated heterocycles. The van der Waals surface area contributed by atoms with Crippen LogP contribution in [0, 0.1) is 11.3 Å². The Morgan fingerprint density at radius 2 is 2.38 bits per heavy atom. The Labute approximate surface area is 80.0 Å². The fraction of sp³-hybridized carbons (Fsp3) is 0.900. The highest BCUT2D eigenvalue weighted by atomic mass is 16.3. The maximum Gasteiger partial charge on any atom is 0.0978 e. The Morgan fingerprint density at radius 1 is 1.62 bits per heavy atom. The molecule has 1 N–H and O–H groups in total. The third-order valence-corrected chi connectivity index (χ3v) is 2.68. The summed E-state index contributed by atoms with van der Waals surface area (Å²) in [7, 11) is 0. The fourth-order valence-electron chi connectivity index (χ4n) is 1.76. The zero-order valence-corrected chi connectivity index (χ0v) is 8.24. The molecule has 1 heterocycles. The predicted octanol–water partition coefficient (Wildman–Crippen LogP) is 1.14. The molecule has 3 nitrogen and oxygen atoms in total. The highest BCUT2D eigenvalue weighted by Crippen LogP contribution is 2.16. The summed E-state index contributed by atoms with van der Waals surface area (Å²) < 4.78 is 0. The van der Waals surface area contributed by atoms with Gasteiger partial charge >= 0.3 is 0 Å². The summed E-state index contributed by atoms with van der Waals surface area (Å²) in [5.41, 5.74) is 0. The van der Waals surface area contributed by atoms with Crippen LogP contribution in [-0.2, 0) is 0 Å². The highest BCUT2D eigenvalue weighted by Gasteiger charge is 2.23. The van der Waals surface area contributed by atoms with Crippen molar-refractivity contribution < 1.29 is 5.11 Å². The summed E-state index contributed by atoms with van der Waals surface area (Å²) >= 11 is 0. The van der Waals surface area contributed by atoms with Gasteiger partial charge in [0.1, 0.15) is 0 Å². The second-order valence-corrected chi connectivity index (χ2v) is 3.70. The summed E-state index contributed by atoms with van der Waals surface area (Å²) in [4.78, 5) is 2.11. The van der Waals surface area contributed by atoms with Crippen molar-refractivity contribution in [2.75, 3.05) is 13.1 Å². The third kappa shape index (κ3) is 2.98. The molecular weight excluding hydrogens is 164 g/mol. The van der Waals surface area contributed by atoms with Crippen LogP contribution in [0.5, 0.6) is 0 Å². The number of rotatable bonds is 3. The molecular formula is C10H18N2O. The van der Waals surface area contributed by atoms with Crippen molar-refractivity contribution in [3.63, 3.8) is 0 Å². The monoisotopic (exact) mass is 182 g/mol. The molecule has 13 heavy (non-hydrogen) atoms. The van der Waals surface area contributed by atoms with E-state index in [1.807, 2.05) is 6.92 Å². The molecule has 0 aliphatic carbocycles. The molecule has 0 radical (unpaired) electrons. The predicted molar refractivity (Wildman–Crippen MR) is 51.1 cm³/mol. The van der Waals surface area contributed by atoms with Crippen molar-refractivity contribution >= 4 is 0 Å². The van der Waals surface area contributed by atoms with E-state index in [4.69, 9.17) is 5.26 Å². The number of hydrogen-bond donors (Lipinski definition) is 1. The molecule has 0 saturated carbocycles. The van der Waals surface area contributed by atoms with Crippen LogP contribution in [0.15, 0.2) is 0 Å². The Morgan fingerprint density at radius 3 is 3.00 bits per heavy atom. The van der Waals surface area contributed by atoms with Crippen LogP contribution < -0.4 is 0 Å². The topological polar surface area (TPSA) is 47.3 Å². The Kier molecular flexibility index (Phi) is 4.20. The molecule has 0 bridgehead atoms. The van der Waals surface area contributed by atoms with Gasteiger partial charge in [0.15, 0.2) is 0 Å². The molecule has 0 aromatic heterocycles. The number of likely N-dealkylation sites (tertiary alicyclic amines) is 1. The zero-order valence-electron chi connectivity index (χ0n) is 8.24. The number of nitriles is 1. The van der Waals surface area contributed by atoms with Gasteiger partial charge in [0.05, 0.1) is 18.2 Å². The lowest BCUT2D eigenvalue weighted by Crippen LogP contribution is -2.42. The van der Waals surface area contributed by atoms with Gasteiger partial charge in [0, 0.05) is 6.54 Å². The largest absolute Gasteiger partial charge is 0.392 e. The van der Waals surface area contributed by atoms with Crippen LogP contribution in [0.3, 0.4) is 0 Å². The Bertz CT molecular complexity index is 188. The quantitative estimate of drug-likeness (QED) is 0.712. The normalized spacial score (nSPS) is 26.7. The van der Waals surface area contributed by atoms with E-state index in [0.717, 1.165) is 32.2 Å². The van der Waals surface area contributed by atoms with Crippen LogP contribution in [0.1, 0.15) is 32.6 Å². The molecule has 0 aromatic carbocycles. The molecule has 2 atom stereocenters. The standard InChI is InChI=1S/C10H18N2O/c1-2-10(13)8-12-6-4-3-5-9(12)7-11/h9-10,13H,2-6,8H2,1H3. The molecule has 0 spiro atoms. The Balaban J connectivity index is 2.41. The van der Waals surface area contributed by atoms with Gasteiger partial charge in [-0.05, 0) is 32.2 Å². The molecule has 3 heteroatoms. The SMILES string of the molecule is CCC(O)CN1CCCCC1C#N. The van der Waals surface area contributed by atoms with E-state index in [-0.39, 0.29) is 12.1 Å². The number of aliphatic hydroxyl groups excluding tert-OH is 1. The molecule has 0 amide bonds. The molecule has 1 fully saturated rings. The van der Waals surface area contributed by atoms with E-state index in [9.17, 15) is 5.11 Å². The van der Waals surface area contributed by atoms with Crippen molar-refractivity contribution in [3.8, 4) is 6.07 Å². The van der Waals surface area contributed by atoms with Crippen molar-refractivity contribution in [1.82, 2.24) is 4.90 Å². The number of β-amino-alcohol motifs (C(OH)–C–C–N with tert-alkyl or cyclic N) is 1. The van der Waals surface area contributed by atoms with Gasteiger partial charge in [-0.25, -0.2) is 0 Å². The van der Waals surface area contributed by atoms with Crippen molar-refractivity contribution in [3.05, 3.63) is 0 Å². The van der Waals surface area contributed by atoms with E-state index in [2.05, 4.69) is 11.0 Å². The summed E-state index contributed by atoms with van der Waals surface area (Å²) in [6, 6.07) is 2.34. The summed E-state index contributed by atoms with van der Waals surface area (Å²) in [6.07, 6.45) is 3.78. The molecule has 2 unspecified atom stereocenters. The smallest absolute Gasteiger partial charge is 0.0978 e. The van der Waals surface area contributed by atoms with Gasteiger partial charge < -0.3 is 5.11 Å². The molecule has 1 rings (SSSR count). The third-order valence-electron chi connectivity index (χ3n) is 2.68. The molecule has 74 valence electrons. The average Bonchev–Trinajstić information content (AvgIpc) is 2.18. The summed E-state index contributed by atoms with van der Waals surface area (Å²) in [5, 5.41) is 18.3. The van der Waals surface area contributed by atoms with Gasteiger partial charge in [-0.2, -0.15) is 5.26 Å². The van der Waals surface area contributed by atoms with Gasteiger partial charge in [-0.3, -0.25) is 4.90 Å². The molecule has 1 aliphatic rings. The number of hydrogen-bond acceptors (Lipinski definition) is 3. The average molecular weight is 182 g/mol. The van der Waals surface area contributed by atoms with Gasteiger partial charge in [0.2, 0.25) is 0 Å².